The molecule has 0 radical (unpaired) electrons. The maximum atomic E-state index is 12.8. The molecule has 1 aliphatic heterocycles. The summed E-state index contributed by atoms with van der Waals surface area (Å²) in [6.45, 7) is 4.04. The van der Waals surface area contributed by atoms with Crippen LogP contribution in [0, 0.1) is 0 Å². The highest BCUT2D eigenvalue weighted by molar-refractivity contribution is 7.89. The van der Waals surface area contributed by atoms with Crippen LogP contribution >= 0.6 is 11.6 Å². The average molecular weight is 318 g/mol. The monoisotopic (exact) mass is 317 g/mol. The Balaban J connectivity index is 2.38. The second kappa shape index (κ2) is 5.89. The molecular weight excluding hydrogens is 298 g/mol. The summed E-state index contributed by atoms with van der Waals surface area (Å²) in [6.07, 6.45) is 0.812. The molecule has 0 aliphatic carbocycles. The molecule has 1 aromatic rings. The van der Waals surface area contributed by atoms with Crippen LogP contribution in [0.2, 0.25) is 5.02 Å². The highest BCUT2D eigenvalue weighted by Gasteiger charge is 2.32. The normalized spacial score (nSPS) is 22.6. The minimum Gasteiger partial charge on any atom is -0.399 e. The maximum absolute atomic E-state index is 12.8. The molecule has 1 fully saturated rings. The number of benzene rings is 1. The van der Waals surface area contributed by atoms with E-state index in [2.05, 4.69) is 4.90 Å². The van der Waals surface area contributed by atoms with Gasteiger partial charge in [0.15, 0.2) is 0 Å². The Morgan fingerprint density at radius 3 is 2.70 bits per heavy atom. The van der Waals surface area contributed by atoms with Gasteiger partial charge in [-0.3, -0.25) is 0 Å². The molecule has 112 valence electrons. The van der Waals surface area contributed by atoms with E-state index in [9.17, 15) is 8.42 Å². The lowest BCUT2D eigenvalue weighted by molar-refractivity contribution is 0.290. The number of nitrogen functional groups attached to an aromatic ring is 1. The Bertz CT molecular complexity index is 591. The third-order valence-corrected chi connectivity index (χ3v) is 6.02. The predicted octanol–water partition coefficient (Wildman–Crippen LogP) is 1.64. The van der Waals surface area contributed by atoms with E-state index in [4.69, 9.17) is 17.3 Å². The molecule has 0 amide bonds. The molecule has 1 aromatic carbocycles. The molecule has 0 saturated carbocycles. The van der Waals surface area contributed by atoms with E-state index in [1.54, 1.807) is 6.07 Å². The van der Waals surface area contributed by atoms with Crippen molar-refractivity contribution in [1.82, 2.24) is 9.21 Å². The number of rotatable bonds is 2. The Labute approximate surface area is 125 Å². The largest absolute Gasteiger partial charge is 0.399 e. The molecule has 0 spiro atoms. The molecule has 5 nitrogen and oxygen atoms in total. The van der Waals surface area contributed by atoms with Crippen molar-refractivity contribution in [2.45, 2.75) is 24.3 Å². The number of halogens is 1. The van der Waals surface area contributed by atoms with E-state index >= 15 is 0 Å². The fraction of sp³-hybridized carbons (Fsp3) is 0.538. The van der Waals surface area contributed by atoms with Gasteiger partial charge in [-0.05, 0) is 45.1 Å². The number of likely N-dealkylation sites (N-methyl/N-ethyl adjacent to an activating group) is 1. The summed E-state index contributed by atoms with van der Waals surface area (Å²) < 4.78 is 27.1. The molecule has 1 aliphatic rings. The van der Waals surface area contributed by atoms with Crippen LogP contribution in [0.25, 0.3) is 0 Å². The van der Waals surface area contributed by atoms with E-state index in [1.165, 1.54) is 16.4 Å². The number of anilines is 1. The van der Waals surface area contributed by atoms with Crippen LogP contribution in [0.5, 0.6) is 0 Å². The van der Waals surface area contributed by atoms with E-state index in [-0.39, 0.29) is 16.0 Å². The summed E-state index contributed by atoms with van der Waals surface area (Å²) in [5.74, 6) is 0. The second-order valence-corrected chi connectivity index (χ2v) is 7.54. The third-order valence-electron chi connectivity index (χ3n) is 3.53. The Morgan fingerprint density at radius 2 is 2.05 bits per heavy atom. The molecule has 0 aromatic heterocycles. The van der Waals surface area contributed by atoms with Crippen LogP contribution in [-0.2, 0) is 10.0 Å². The molecule has 2 N–H and O–H groups in total. The summed E-state index contributed by atoms with van der Waals surface area (Å²) >= 11 is 6.05. The van der Waals surface area contributed by atoms with Crippen molar-refractivity contribution in [3.63, 3.8) is 0 Å². The molecule has 1 unspecified atom stereocenters. The lowest BCUT2D eigenvalue weighted by atomic mass is 10.3. The molecule has 0 bridgehead atoms. The topological polar surface area (TPSA) is 66.6 Å². The predicted molar refractivity (Wildman–Crippen MR) is 81.3 cm³/mol. The number of hydrogen-bond donors (Lipinski definition) is 1. The first-order chi connectivity index (χ1) is 9.32. The average Bonchev–Trinajstić information content (AvgIpc) is 2.49. The standard InChI is InChI=1S/C13H20ClN3O2S/c1-10-9-16(2)6-3-7-17(10)20(18,19)13-5-4-11(15)8-12(13)14/h4-5,8,10H,3,6-7,9,15H2,1-2H3. The zero-order valence-electron chi connectivity index (χ0n) is 11.7. The first kappa shape index (κ1) is 15.6. The highest BCUT2D eigenvalue weighted by atomic mass is 35.5. The van der Waals surface area contributed by atoms with Gasteiger partial charge >= 0.3 is 0 Å². The van der Waals surface area contributed by atoms with E-state index in [0.29, 0.717) is 18.8 Å². The molecule has 1 saturated heterocycles. The van der Waals surface area contributed by atoms with Crippen molar-refractivity contribution in [2.75, 3.05) is 32.4 Å². The van der Waals surface area contributed by atoms with Crippen LogP contribution in [0.4, 0.5) is 5.69 Å². The first-order valence-corrected chi connectivity index (χ1v) is 8.39. The third kappa shape index (κ3) is 3.09. The fourth-order valence-corrected chi connectivity index (χ4v) is 4.75. The fourth-order valence-electron chi connectivity index (χ4n) is 2.56. The maximum Gasteiger partial charge on any atom is 0.244 e. The Morgan fingerprint density at radius 1 is 1.35 bits per heavy atom. The van der Waals surface area contributed by atoms with Crippen molar-refractivity contribution in [3.05, 3.63) is 23.2 Å². The van der Waals surface area contributed by atoms with E-state index in [1.807, 2.05) is 14.0 Å². The molecular formula is C13H20ClN3O2S. The van der Waals surface area contributed by atoms with Crippen molar-refractivity contribution < 1.29 is 8.42 Å². The van der Waals surface area contributed by atoms with Gasteiger partial charge in [0.25, 0.3) is 0 Å². The van der Waals surface area contributed by atoms with Gasteiger partial charge in [0.05, 0.1) is 5.02 Å². The van der Waals surface area contributed by atoms with Gasteiger partial charge in [0.1, 0.15) is 4.90 Å². The van der Waals surface area contributed by atoms with Crippen LogP contribution < -0.4 is 5.73 Å². The Hall–Kier alpha value is -0.820. The van der Waals surface area contributed by atoms with Gasteiger partial charge in [-0.15, -0.1) is 0 Å². The second-order valence-electron chi connectivity index (χ2n) is 5.27. The van der Waals surface area contributed by atoms with Gasteiger partial charge in [-0.25, -0.2) is 8.42 Å². The molecule has 7 heteroatoms. The van der Waals surface area contributed by atoms with Crippen molar-refractivity contribution in [2.24, 2.45) is 0 Å². The number of nitrogens with zero attached hydrogens (tertiary/aromatic N) is 2. The molecule has 1 heterocycles. The minimum absolute atomic E-state index is 0.0823. The summed E-state index contributed by atoms with van der Waals surface area (Å²) in [5, 5.41) is 0.176. The summed E-state index contributed by atoms with van der Waals surface area (Å²) in [5.41, 5.74) is 6.08. The summed E-state index contributed by atoms with van der Waals surface area (Å²) in [4.78, 5) is 2.27. The zero-order chi connectivity index (χ0) is 14.9. The Kier molecular flexibility index (Phi) is 4.59. The molecule has 1 atom stereocenters. The van der Waals surface area contributed by atoms with Crippen molar-refractivity contribution in [1.29, 1.82) is 0 Å². The van der Waals surface area contributed by atoms with Crippen molar-refractivity contribution >= 4 is 27.3 Å². The smallest absolute Gasteiger partial charge is 0.244 e. The van der Waals surface area contributed by atoms with E-state index < -0.39 is 10.0 Å². The quantitative estimate of drug-likeness (QED) is 0.842. The molecule has 20 heavy (non-hydrogen) atoms. The van der Waals surface area contributed by atoms with Crippen LogP contribution in [0.1, 0.15) is 13.3 Å². The van der Waals surface area contributed by atoms with Gasteiger partial charge in [-0.2, -0.15) is 4.31 Å². The minimum atomic E-state index is -3.59. The van der Waals surface area contributed by atoms with Gasteiger partial charge in [-0.1, -0.05) is 11.6 Å². The summed E-state index contributed by atoms with van der Waals surface area (Å²) in [6, 6.07) is 4.44. The first-order valence-electron chi connectivity index (χ1n) is 6.58. The number of sulfonamides is 1. The van der Waals surface area contributed by atoms with Gasteiger partial charge < -0.3 is 10.6 Å². The lowest BCUT2D eigenvalue weighted by Crippen LogP contribution is -2.41. The van der Waals surface area contributed by atoms with Crippen LogP contribution in [-0.4, -0.2) is 50.3 Å². The zero-order valence-corrected chi connectivity index (χ0v) is 13.3. The van der Waals surface area contributed by atoms with Crippen LogP contribution in [0.3, 0.4) is 0 Å². The number of hydrogen-bond acceptors (Lipinski definition) is 4. The van der Waals surface area contributed by atoms with E-state index in [0.717, 1.165) is 13.0 Å². The lowest BCUT2D eigenvalue weighted by Gasteiger charge is -2.27. The summed E-state index contributed by atoms with van der Waals surface area (Å²) in [7, 11) is -1.58. The number of nitrogens with two attached hydrogens (primary N) is 1. The SMILES string of the molecule is CC1CN(C)CCCN1S(=O)(=O)c1ccc(N)cc1Cl. The molecule has 2 rings (SSSR count). The van der Waals surface area contributed by atoms with Gasteiger partial charge in [0, 0.05) is 24.8 Å². The van der Waals surface area contributed by atoms with Gasteiger partial charge in [0.2, 0.25) is 10.0 Å². The van der Waals surface area contributed by atoms with Crippen molar-refractivity contribution in [3.8, 4) is 0 Å². The van der Waals surface area contributed by atoms with Crippen LogP contribution in [0.15, 0.2) is 23.1 Å². The highest BCUT2D eigenvalue weighted by Crippen LogP contribution is 2.28.